The Morgan fingerprint density at radius 3 is 2.68 bits per heavy atom. The van der Waals surface area contributed by atoms with E-state index >= 15 is 0 Å². The van der Waals surface area contributed by atoms with Crippen molar-refractivity contribution in [3.05, 3.63) is 47.1 Å². The van der Waals surface area contributed by atoms with Gasteiger partial charge in [0.2, 0.25) is 0 Å². The molecule has 3 aromatic rings. The fourth-order valence-corrected chi connectivity index (χ4v) is 5.04. The van der Waals surface area contributed by atoms with Crippen LogP contribution in [0.15, 0.2) is 35.8 Å². The lowest BCUT2D eigenvalue weighted by Crippen LogP contribution is -2.35. The number of benzene rings is 1. The van der Waals surface area contributed by atoms with Gasteiger partial charge in [0, 0.05) is 30.7 Å². The van der Waals surface area contributed by atoms with Crippen LogP contribution in [0.5, 0.6) is 0 Å². The fraction of sp³-hybridized carbons (Fsp3) is 0.500. The molecular formula is C26H33N5O2S. The van der Waals surface area contributed by atoms with Gasteiger partial charge in [-0.25, -0.2) is 4.98 Å². The third-order valence-corrected chi connectivity index (χ3v) is 7.06. The molecule has 2 aromatic heterocycles. The van der Waals surface area contributed by atoms with Gasteiger partial charge in [-0.05, 0) is 64.5 Å². The van der Waals surface area contributed by atoms with Crippen molar-refractivity contribution in [2.75, 3.05) is 19.8 Å². The number of nitriles is 1. The first-order valence-corrected chi connectivity index (χ1v) is 12.8. The summed E-state index contributed by atoms with van der Waals surface area (Å²) in [5, 5.41) is 30.5. The van der Waals surface area contributed by atoms with Crippen molar-refractivity contribution < 1.29 is 9.84 Å². The number of aryl methyl sites for hydroxylation is 1. The quantitative estimate of drug-likeness (QED) is 0.460. The zero-order valence-electron chi connectivity index (χ0n) is 20.1. The maximum atomic E-state index is 10.4. The van der Waals surface area contributed by atoms with Gasteiger partial charge in [0.1, 0.15) is 11.2 Å². The monoisotopic (exact) mass is 479 g/mol. The number of nitrogens with one attached hydrogen (secondary N) is 1. The molecule has 1 aliphatic rings. The van der Waals surface area contributed by atoms with Gasteiger partial charge in [0.15, 0.2) is 0 Å². The number of hydrogen-bond acceptors (Lipinski definition) is 7. The van der Waals surface area contributed by atoms with E-state index < -0.39 is 6.23 Å². The molecule has 1 fully saturated rings. The minimum Gasteiger partial charge on any atom is -0.381 e. The van der Waals surface area contributed by atoms with E-state index in [2.05, 4.69) is 37.5 Å². The SMILES string of the molecule is CC(C)(C)n1ncc(-c2nc(CCC(O)NCC3CCOCC3)cs2)c1-c1ccc(C#N)cc1. The topological polar surface area (TPSA) is 96.0 Å². The molecule has 1 aliphatic heterocycles. The Kier molecular flexibility index (Phi) is 7.79. The van der Waals surface area contributed by atoms with Crippen LogP contribution < -0.4 is 5.32 Å². The van der Waals surface area contributed by atoms with E-state index in [1.807, 2.05) is 35.1 Å². The molecule has 0 bridgehead atoms. The van der Waals surface area contributed by atoms with Crippen LogP contribution in [0.2, 0.25) is 0 Å². The predicted molar refractivity (Wildman–Crippen MR) is 134 cm³/mol. The fourth-order valence-electron chi connectivity index (χ4n) is 4.18. The van der Waals surface area contributed by atoms with Gasteiger partial charge in [-0.15, -0.1) is 11.3 Å². The number of aromatic nitrogens is 3. The molecule has 0 amide bonds. The first-order valence-electron chi connectivity index (χ1n) is 11.9. The molecule has 1 atom stereocenters. The molecule has 4 rings (SSSR count). The van der Waals surface area contributed by atoms with Gasteiger partial charge in [-0.2, -0.15) is 10.4 Å². The van der Waals surface area contributed by atoms with Gasteiger partial charge in [-0.3, -0.25) is 10.00 Å². The lowest BCUT2D eigenvalue weighted by molar-refractivity contribution is 0.0558. The molecule has 1 unspecified atom stereocenters. The Labute approximate surface area is 205 Å². The molecule has 8 heteroatoms. The zero-order valence-corrected chi connectivity index (χ0v) is 20.9. The molecule has 1 aromatic carbocycles. The summed E-state index contributed by atoms with van der Waals surface area (Å²) in [4.78, 5) is 4.88. The summed E-state index contributed by atoms with van der Waals surface area (Å²) in [5.74, 6) is 0.578. The Hall–Kier alpha value is -2.57. The Bertz CT molecular complexity index is 1120. The normalized spacial score (nSPS) is 15.9. The van der Waals surface area contributed by atoms with Crippen molar-refractivity contribution in [3.8, 4) is 27.9 Å². The van der Waals surface area contributed by atoms with E-state index in [0.717, 1.165) is 60.1 Å². The number of rotatable bonds is 8. The van der Waals surface area contributed by atoms with Gasteiger partial charge in [-0.1, -0.05) is 12.1 Å². The molecule has 3 heterocycles. The molecule has 2 N–H and O–H groups in total. The number of ether oxygens (including phenoxy) is 1. The minimum atomic E-state index is -0.536. The van der Waals surface area contributed by atoms with Crippen molar-refractivity contribution in [1.82, 2.24) is 20.1 Å². The van der Waals surface area contributed by atoms with Crippen molar-refractivity contribution in [3.63, 3.8) is 0 Å². The minimum absolute atomic E-state index is 0.207. The summed E-state index contributed by atoms with van der Waals surface area (Å²) in [7, 11) is 0. The molecule has 1 saturated heterocycles. The third-order valence-electron chi connectivity index (χ3n) is 6.13. The van der Waals surface area contributed by atoms with E-state index in [1.165, 1.54) is 0 Å². The van der Waals surface area contributed by atoms with E-state index in [0.29, 0.717) is 24.3 Å². The van der Waals surface area contributed by atoms with Crippen molar-refractivity contribution in [1.29, 1.82) is 5.26 Å². The second kappa shape index (κ2) is 10.8. The Morgan fingerprint density at radius 2 is 2.00 bits per heavy atom. The molecular weight excluding hydrogens is 446 g/mol. The number of aliphatic hydroxyl groups is 1. The predicted octanol–water partition coefficient (Wildman–Crippen LogP) is 4.57. The van der Waals surface area contributed by atoms with Gasteiger partial charge >= 0.3 is 0 Å². The van der Waals surface area contributed by atoms with Crippen LogP contribution in [0, 0.1) is 17.2 Å². The highest BCUT2D eigenvalue weighted by Crippen LogP contribution is 2.37. The van der Waals surface area contributed by atoms with Crippen LogP contribution in [0.3, 0.4) is 0 Å². The Morgan fingerprint density at radius 1 is 1.26 bits per heavy atom. The molecule has 0 aliphatic carbocycles. The van der Waals surface area contributed by atoms with Crippen LogP contribution in [0.1, 0.15) is 51.3 Å². The van der Waals surface area contributed by atoms with E-state index in [-0.39, 0.29) is 5.54 Å². The molecule has 0 radical (unpaired) electrons. The molecule has 0 saturated carbocycles. The largest absolute Gasteiger partial charge is 0.381 e. The number of hydrogen-bond donors (Lipinski definition) is 2. The van der Waals surface area contributed by atoms with Crippen LogP contribution in [-0.4, -0.2) is 45.9 Å². The van der Waals surface area contributed by atoms with Crippen LogP contribution in [0.4, 0.5) is 0 Å². The summed E-state index contributed by atoms with van der Waals surface area (Å²) in [6.45, 7) is 8.84. The standard InChI is InChI=1S/C26H33N5O2S/c1-26(2,3)31-24(20-6-4-18(14-27)5-7-20)22(16-29-31)25-30-21(17-34-25)8-9-23(32)28-15-19-10-12-33-13-11-19/h4-7,16-17,19,23,28,32H,8-13,15H2,1-3H3. The highest BCUT2D eigenvalue weighted by atomic mass is 32.1. The van der Waals surface area contributed by atoms with Crippen LogP contribution in [0.25, 0.3) is 21.8 Å². The maximum absolute atomic E-state index is 10.4. The summed E-state index contributed by atoms with van der Waals surface area (Å²) >= 11 is 1.60. The molecule has 0 spiro atoms. The molecule has 180 valence electrons. The number of aliphatic hydroxyl groups excluding tert-OH is 1. The Balaban J connectivity index is 1.47. The van der Waals surface area contributed by atoms with Crippen LogP contribution >= 0.6 is 11.3 Å². The summed E-state index contributed by atoms with van der Waals surface area (Å²) in [6, 6.07) is 9.79. The van der Waals surface area contributed by atoms with Crippen molar-refractivity contribution >= 4 is 11.3 Å². The van der Waals surface area contributed by atoms with Crippen molar-refractivity contribution in [2.24, 2.45) is 5.92 Å². The van der Waals surface area contributed by atoms with Gasteiger partial charge in [0.25, 0.3) is 0 Å². The zero-order chi connectivity index (χ0) is 24.1. The average Bonchev–Trinajstić information content (AvgIpc) is 3.49. The number of nitrogens with zero attached hydrogens (tertiary/aromatic N) is 4. The van der Waals surface area contributed by atoms with Gasteiger partial charge in [0.05, 0.1) is 40.3 Å². The second-order valence-electron chi connectivity index (χ2n) is 9.84. The van der Waals surface area contributed by atoms with Crippen LogP contribution in [-0.2, 0) is 16.7 Å². The smallest absolute Gasteiger partial charge is 0.127 e. The maximum Gasteiger partial charge on any atom is 0.127 e. The average molecular weight is 480 g/mol. The first kappa shape index (κ1) is 24.6. The summed E-state index contributed by atoms with van der Waals surface area (Å²) in [6.07, 6.45) is 4.78. The van der Waals surface area contributed by atoms with Crippen molar-refractivity contribution in [2.45, 2.75) is 58.2 Å². The summed E-state index contributed by atoms with van der Waals surface area (Å²) in [5.41, 5.74) is 4.38. The lowest BCUT2D eigenvalue weighted by Gasteiger charge is -2.23. The first-order chi connectivity index (χ1) is 16.3. The van der Waals surface area contributed by atoms with E-state index in [4.69, 9.17) is 20.1 Å². The van der Waals surface area contributed by atoms with E-state index in [9.17, 15) is 5.11 Å². The second-order valence-corrected chi connectivity index (χ2v) is 10.7. The number of thiazole rings is 1. The third kappa shape index (κ3) is 5.91. The highest BCUT2D eigenvalue weighted by molar-refractivity contribution is 7.13. The lowest BCUT2D eigenvalue weighted by atomic mass is 10.0. The van der Waals surface area contributed by atoms with E-state index in [1.54, 1.807) is 11.3 Å². The molecule has 34 heavy (non-hydrogen) atoms. The highest BCUT2D eigenvalue weighted by Gasteiger charge is 2.24. The molecule has 7 nitrogen and oxygen atoms in total. The summed E-state index contributed by atoms with van der Waals surface area (Å²) < 4.78 is 7.42. The van der Waals surface area contributed by atoms with Gasteiger partial charge < -0.3 is 9.84 Å².